The van der Waals surface area contributed by atoms with Crippen molar-refractivity contribution in [3.05, 3.63) is 17.9 Å². The Bertz CT molecular complexity index is 661. The number of carbonyl (C=O) groups is 2. The number of hydrogen-bond donors (Lipinski definition) is 1. The van der Waals surface area contributed by atoms with Gasteiger partial charge in [0, 0.05) is 13.1 Å². The summed E-state index contributed by atoms with van der Waals surface area (Å²) in [6.07, 6.45) is -1.02. The zero-order chi connectivity index (χ0) is 16.3. The van der Waals surface area contributed by atoms with Crippen LogP contribution < -0.4 is 5.14 Å². The summed E-state index contributed by atoms with van der Waals surface area (Å²) in [4.78, 5) is 25.4. The second kappa shape index (κ2) is 6.46. The molecule has 1 aromatic heterocycles. The van der Waals surface area contributed by atoms with Gasteiger partial charge in [0.1, 0.15) is 0 Å². The molecule has 22 heavy (non-hydrogen) atoms. The second-order valence-corrected chi connectivity index (χ2v) is 6.14. The van der Waals surface area contributed by atoms with E-state index in [-0.39, 0.29) is 11.7 Å². The summed E-state index contributed by atoms with van der Waals surface area (Å²) in [5, 5.41) is 4.32. The fourth-order valence-electron chi connectivity index (χ4n) is 1.89. The Kier molecular flexibility index (Phi) is 4.84. The zero-order valence-electron chi connectivity index (χ0n) is 11.9. The average Bonchev–Trinajstić information content (AvgIpc) is 2.97. The third-order valence-corrected chi connectivity index (χ3v) is 3.80. The molecule has 0 saturated carbocycles. The number of esters is 1. The number of hydrogen-bond acceptors (Lipinski definition) is 7. The van der Waals surface area contributed by atoms with Crippen molar-refractivity contribution >= 4 is 21.9 Å². The molecule has 122 valence electrons. The van der Waals surface area contributed by atoms with Crippen LogP contribution in [0.25, 0.3) is 0 Å². The van der Waals surface area contributed by atoms with E-state index in [1.54, 1.807) is 0 Å². The van der Waals surface area contributed by atoms with Gasteiger partial charge in [-0.1, -0.05) is 0 Å². The predicted molar refractivity (Wildman–Crippen MR) is 72.4 cm³/mol. The van der Waals surface area contributed by atoms with E-state index in [4.69, 9.17) is 19.0 Å². The molecule has 1 aliphatic rings. The highest BCUT2D eigenvalue weighted by Gasteiger charge is 2.27. The SMILES string of the molecule is CC(OC(=O)c1ccc(S(N)(=O)=O)o1)C(=O)N1CCOCC1. The first-order chi connectivity index (χ1) is 10.3. The van der Waals surface area contributed by atoms with Crippen LogP contribution in [-0.4, -0.2) is 57.6 Å². The van der Waals surface area contributed by atoms with Crippen LogP contribution in [0, 0.1) is 0 Å². The number of primary sulfonamides is 1. The van der Waals surface area contributed by atoms with Crippen LogP contribution in [-0.2, 0) is 24.3 Å². The largest absolute Gasteiger partial charge is 0.447 e. The first-order valence-corrected chi connectivity index (χ1v) is 8.04. The lowest BCUT2D eigenvalue weighted by molar-refractivity contribution is -0.143. The lowest BCUT2D eigenvalue weighted by atomic mass is 10.3. The minimum absolute atomic E-state index is 0.342. The number of amides is 1. The molecule has 0 aliphatic carbocycles. The molecule has 9 nitrogen and oxygen atoms in total. The van der Waals surface area contributed by atoms with E-state index < -0.39 is 27.2 Å². The molecule has 1 amide bonds. The van der Waals surface area contributed by atoms with E-state index >= 15 is 0 Å². The van der Waals surface area contributed by atoms with E-state index in [9.17, 15) is 18.0 Å². The van der Waals surface area contributed by atoms with Crippen molar-refractivity contribution in [2.45, 2.75) is 18.1 Å². The minimum Gasteiger partial charge on any atom is -0.447 e. The number of ether oxygens (including phenoxy) is 2. The molecule has 2 N–H and O–H groups in total. The third kappa shape index (κ3) is 3.84. The van der Waals surface area contributed by atoms with Gasteiger partial charge in [-0.3, -0.25) is 4.79 Å². The molecule has 1 saturated heterocycles. The van der Waals surface area contributed by atoms with Gasteiger partial charge < -0.3 is 18.8 Å². The molecular weight excluding hydrogens is 316 g/mol. The Morgan fingerprint density at radius 1 is 1.32 bits per heavy atom. The summed E-state index contributed by atoms with van der Waals surface area (Å²) in [5.74, 6) is -1.63. The van der Waals surface area contributed by atoms with Crippen molar-refractivity contribution in [2.24, 2.45) is 5.14 Å². The van der Waals surface area contributed by atoms with Crippen LogP contribution in [0.4, 0.5) is 0 Å². The maximum Gasteiger partial charge on any atom is 0.375 e. The van der Waals surface area contributed by atoms with Crippen molar-refractivity contribution in [1.29, 1.82) is 0 Å². The van der Waals surface area contributed by atoms with Crippen LogP contribution in [0.2, 0.25) is 0 Å². The highest BCUT2D eigenvalue weighted by molar-refractivity contribution is 7.89. The Morgan fingerprint density at radius 2 is 1.95 bits per heavy atom. The van der Waals surface area contributed by atoms with Gasteiger partial charge in [0.25, 0.3) is 15.9 Å². The van der Waals surface area contributed by atoms with Gasteiger partial charge >= 0.3 is 5.97 Å². The first kappa shape index (κ1) is 16.5. The Hall–Kier alpha value is -1.91. The molecule has 2 heterocycles. The molecule has 0 bridgehead atoms. The molecule has 0 spiro atoms. The molecule has 1 aromatic rings. The second-order valence-electron chi connectivity index (χ2n) is 4.65. The van der Waals surface area contributed by atoms with Gasteiger partial charge in [-0.25, -0.2) is 18.4 Å². The van der Waals surface area contributed by atoms with Crippen molar-refractivity contribution in [3.8, 4) is 0 Å². The fraction of sp³-hybridized carbons (Fsp3) is 0.500. The van der Waals surface area contributed by atoms with E-state index in [2.05, 4.69) is 0 Å². The molecule has 1 aliphatic heterocycles. The highest BCUT2D eigenvalue weighted by Crippen LogP contribution is 2.14. The third-order valence-electron chi connectivity index (χ3n) is 3.02. The molecule has 10 heteroatoms. The molecule has 1 fully saturated rings. The maximum absolute atomic E-state index is 12.1. The van der Waals surface area contributed by atoms with Gasteiger partial charge in [-0.15, -0.1) is 0 Å². The van der Waals surface area contributed by atoms with Crippen molar-refractivity contribution in [1.82, 2.24) is 4.90 Å². The molecule has 0 radical (unpaired) electrons. The molecule has 2 rings (SSSR count). The Labute approximate surface area is 127 Å². The predicted octanol–water partition coefficient (Wildman–Crippen LogP) is -0.669. The number of furan rings is 1. The number of carbonyl (C=O) groups excluding carboxylic acids is 2. The molecule has 1 unspecified atom stereocenters. The number of nitrogens with zero attached hydrogens (tertiary/aromatic N) is 1. The zero-order valence-corrected chi connectivity index (χ0v) is 12.7. The summed E-state index contributed by atoms with van der Waals surface area (Å²) >= 11 is 0. The topological polar surface area (TPSA) is 129 Å². The molecule has 1 atom stereocenters. The van der Waals surface area contributed by atoms with Gasteiger partial charge in [0.05, 0.1) is 13.2 Å². The van der Waals surface area contributed by atoms with Crippen LogP contribution in [0.1, 0.15) is 17.5 Å². The smallest absolute Gasteiger partial charge is 0.375 e. The van der Waals surface area contributed by atoms with Crippen LogP contribution in [0.5, 0.6) is 0 Å². The molecular formula is C12H16N2O7S. The highest BCUT2D eigenvalue weighted by atomic mass is 32.2. The summed E-state index contributed by atoms with van der Waals surface area (Å²) in [7, 11) is -4.04. The van der Waals surface area contributed by atoms with Crippen LogP contribution in [0.15, 0.2) is 21.6 Å². The number of sulfonamides is 1. The van der Waals surface area contributed by atoms with E-state index in [1.807, 2.05) is 0 Å². The van der Waals surface area contributed by atoms with Gasteiger partial charge in [0.15, 0.2) is 6.10 Å². The maximum atomic E-state index is 12.1. The van der Waals surface area contributed by atoms with Crippen molar-refractivity contribution in [3.63, 3.8) is 0 Å². The summed E-state index contributed by atoms with van der Waals surface area (Å²) in [6.45, 7) is 3.15. The van der Waals surface area contributed by atoms with Crippen molar-refractivity contribution in [2.75, 3.05) is 26.3 Å². The van der Waals surface area contributed by atoms with Crippen LogP contribution in [0.3, 0.4) is 0 Å². The Balaban J connectivity index is 1.98. The summed E-state index contributed by atoms with van der Waals surface area (Å²) in [6, 6.07) is 2.16. The standard InChI is InChI=1S/C12H16N2O7S/c1-8(11(15)14-4-6-19-7-5-14)20-12(16)9-2-3-10(21-9)22(13,17)18/h2-3,8H,4-7H2,1H3,(H2,13,17,18). The molecule has 0 aromatic carbocycles. The van der Waals surface area contributed by atoms with Gasteiger partial charge in [-0.2, -0.15) is 0 Å². The lowest BCUT2D eigenvalue weighted by Crippen LogP contribution is -2.46. The monoisotopic (exact) mass is 332 g/mol. The van der Waals surface area contributed by atoms with Crippen LogP contribution >= 0.6 is 0 Å². The summed E-state index contributed by atoms with van der Waals surface area (Å²) in [5.41, 5.74) is 0. The van der Waals surface area contributed by atoms with Gasteiger partial charge in [0.2, 0.25) is 10.9 Å². The average molecular weight is 332 g/mol. The number of nitrogens with two attached hydrogens (primary N) is 1. The number of morpholine rings is 1. The Morgan fingerprint density at radius 3 is 2.50 bits per heavy atom. The normalized spacial score (nSPS) is 17.1. The quantitative estimate of drug-likeness (QED) is 0.724. The van der Waals surface area contributed by atoms with E-state index in [1.165, 1.54) is 11.8 Å². The van der Waals surface area contributed by atoms with Gasteiger partial charge in [-0.05, 0) is 19.1 Å². The van der Waals surface area contributed by atoms with E-state index in [0.717, 1.165) is 12.1 Å². The lowest BCUT2D eigenvalue weighted by Gasteiger charge is -2.28. The van der Waals surface area contributed by atoms with Crippen molar-refractivity contribution < 1.29 is 31.9 Å². The summed E-state index contributed by atoms with van der Waals surface area (Å²) < 4.78 is 37.0. The van der Waals surface area contributed by atoms with E-state index in [0.29, 0.717) is 26.3 Å². The number of rotatable bonds is 4. The first-order valence-electron chi connectivity index (χ1n) is 6.49. The fourth-order valence-corrected chi connectivity index (χ4v) is 2.36. The minimum atomic E-state index is -4.04.